The molecule has 29 heavy (non-hydrogen) atoms. The Morgan fingerprint density at radius 3 is 2.86 bits per heavy atom. The van der Waals surface area contributed by atoms with Crippen LogP contribution in [0.5, 0.6) is 0 Å². The standard InChI is InChI=1S/C23H27FN4O/c24-21-9-7-18(8-10-21)14-20-5-2-12-28(17-20)13-3-11-26-23(29)27-22-6-1-4-19(15-22)16-25/h1,4,6-10,15,20H,2-3,5,11-14,17H2,(H2,26,27,29). The van der Waals surface area contributed by atoms with Crippen molar-refractivity contribution in [2.24, 2.45) is 5.92 Å². The maximum absolute atomic E-state index is 13.1. The second kappa shape index (κ2) is 10.6. The lowest BCUT2D eigenvalue weighted by atomic mass is 9.91. The molecule has 1 aliphatic rings. The van der Waals surface area contributed by atoms with Gasteiger partial charge in [0.1, 0.15) is 5.82 Å². The summed E-state index contributed by atoms with van der Waals surface area (Å²) in [7, 11) is 0. The van der Waals surface area contributed by atoms with E-state index in [2.05, 4.69) is 21.6 Å². The van der Waals surface area contributed by atoms with Crippen LogP contribution >= 0.6 is 0 Å². The minimum Gasteiger partial charge on any atom is -0.338 e. The van der Waals surface area contributed by atoms with Crippen LogP contribution in [0.1, 0.15) is 30.4 Å². The van der Waals surface area contributed by atoms with Gasteiger partial charge in [0.25, 0.3) is 0 Å². The first-order chi connectivity index (χ1) is 14.1. The zero-order valence-electron chi connectivity index (χ0n) is 16.5. The Morgan fingerprint density at radius 2 is 2.07 bits per heavy atom. The number of hydrogen-bond donors (Lipinski definition) is 2. The Hall–Kier alpha value is -2.91. The second-order valence-electron chi connectivity index (χ2n) is 7.57. The van der Waals surface area contributed by atoms with Crippen LogP contribution in [-0.2, 0) is 6.42 Å². The minimum atomic E-state index is -0.257. The highest BCUT2D eigenvalue weighted by molar-refractivity contribution is 5.89. The molecule has 0 saturated carbocycles. The molecule has 2 aromatic rings. The fourth-order valence-electron chi connectivity index (χ4n) is 3.82. The molecule has 0 spiro atoms. The van der Waals surface area contributed by atoms with Gasteiger partial charge in [-0.15, -0.1) is 0 Å². The van der Waals surface area contributed by atoms with Gasteiger partial charge in [0.05, 0.1) is 11.6 Å². The van der Waals surface area contributed by atoms with E-state index in [1.807, 2.05) is 12.1 Å². The van der Waals surface area contributed by atoms with Crippen LogP contribution in [0.4, 0.5) is 14.9 Å². The molecule has 0 aromatic heterocycles. The number of likely N-dealkylation sites (tertiary alicyclic amines) is 1. The van der Waals surface area contributed by atoms with Gasteiger partial charge in [0.2, 0.25) is 0 Å². The van der Waals surface area contributed by atoms with Gasteiger partial charge in [-0.1, -0.05) is 18.2 Å². The number of anilines is 1. The SMILES string of the molecule is N#Cc1cccc(NC(=O)NCCCN2CCCC(Cc3ccc(F)cc3)C2)c1. The highest BCUT2D eigenvalue weighted by atomic mass is 19.1. The summed E-state index contributed by atoms with van der Waals surface area (Å²) in [4.78, 5) is 14.4. The molecule has 1 unspecified atom stereocenters. The van der Waals surface area contributed by atoms with Crippen molar-refractivity contribution in [3.05, 3.63) is 65.5 Å². The Balaban J connectivity index is 1.35. The van der Waals surface area contributed by atoms with Gasteiger partial charge in [0, 0.05) is 18.8 Å². The summed E-state index contributed by atoms with van der Waals surface area (Å²) in [5.41, 5.74) is 2.32. The first kappa shape index (κ1) is 20.8. The number of carbonyl (C=O) groups excluding carboxylic acids is 1. The molecule has 6 heteroatoms. The van der Waals surface area contributed by atoms with E-state index in [1.54, 1.807) is 24.3 Å². The predicted molar refractivity (Wildman–Crippen MR) is 112 cm³/mol. The van der Waals surface area contributed by atoms with Crippen LogP contribution in [0.2, 0.25) is 0 Å². The molecule has 0 bridgehead atoms. The lowest BCUT2D eigenvalue weighted by molar-refractivity contribution is 0.172. The third-order valence-electron chi connectivity index (χ3n) is 5.23. The fourth-order valence-corrected chi connectivity index (χ4v) is 3.82. The van der Waals surface area contributed by atoms with Gasteiger partial charge in [-0.05, 0) is 80.6 Å². The van der Waals surface area contributed by atoms with Crippen molar-refractivity contribution in [1.82, 2.24) is 10.2 Å². The van der Waals surface area contributed by atoms with E-state index in [9.17, 15) is 9.18 Å². The van der Waals surface area contributed by atoms with Gasteiger partial charge in [-0.3, -0.25) is 0 Å². The topological polar surface area (TPSA) is 68.2 Å². The highest BCUT2D eigenvalue weighted by Gasteiger charge is 2.19. The van der Waals surface area contributed by atoms with Gasteiger partial charge < -0.3 is 15.5 Å². The van der Waals surface area contributed by atoms with Crippen LogP contribution < -0.4 is 10.6 Å². The van der Waals surface area contributed by atoms with Gasteiger partial charge in [-0.2, -0.15) is 5.26 Å². The normalized spacial score (nSPS) is 16.8. The number of urea groups is 1. The molecule has 1 aliphatic heterocycles. The molecular formula is C23H27FN4O. The molecule has 0 aliphatic carbocycles. The Labute approximate surface area is 171 Å². The summed E-state index contributed by atoms with van der Waals surface area (Å²) in [6.45, 7) is 3.69. The molecular weight excluding hydrogens is 367 g/mol. The van der Waals surface area contributed by atoms with Crippen molar-refractivity contribution in [1.29, 1.82) is 5.26 Å². The third-order valence-corrected chi connectivity index (χ3v) is 5.23. The quantitative estimate of drug-likeness (QED) is 0.693. The van der Waals surface area contributed by atoms with Crippen LogP contribution in [0.25, 0.3) is 0 Å². The van der Waals surface area contributed by atoms with Crippen LogP contribution in [0, 0.1) is 23.1 Å². The monoisotopic (exact) mass is 394 g/mol. The van der Waals surface area contributed by atoms with Crippen molar-refractivity contribution in [3.8, 4) is 6.07 Å². The molecule has 5 nitrogen and oxygen atoms in total. The van der Waals surface area contributed by atoms with Crippen molar-refractivity contribution >= 4 is 11.7 Å². The molecule has 152 valence electrons. The van der Waals surface area contributed by atoms with Gasteiger partial charge >= 0.3 is 6.03 Å². The summed E-state index contributed by atoms with van der Waals surface area (Å²) >= 11 is 0. The van der Waals surface area contributed by atoms with Crippen molar-refractivity contribution in [3.63, 3.8) is 0 Å². The molecule has 1 saturated heterocycles. The number of hydrogen-bond acceptors (Lipinski definition) is 3. The largest absolute Gasteiger partial charge is 0.338 e. The third kappa shape index (κ3) is 6.88. The van der Waals surface area contributed by atoms with E-state index in [0.29, 0.717) is 23.7 Å². The predicted octanol–water partition coefficient (Wildman–Crippen LogP) is 4.16. The molecule has 2 amide bonds. The first-order valence-electron chi connectivity index (χ1n) is 10.1. The van der Waals surface area contributed by atoms with E-state index in [-0.39, 0.29) is 11.8 Å². The Morgan fingerprint density at radius 1 is 1.24 bits per heavy atom. The average Bonchev–Trinajstić information content (AvgIpc) is 2.73. The Bertz CT molecular complexity index is 847. The van der Waals surface area contributed by atoms with Crippen LogP contribution in [0.3, 0.4) is 0 Å². The van der Waals surface area contributed by atoms with E-state index in [4.69, 9.17) is 5.26 Å². The zero-order valence-corrected chi connectivity index (χ0v) is 16.5. The highest BCUT2D eigenvalue weighted by Crippen LogP contribution is 2.21. The van der Waals surface area contributed by atoms with Crippen molar-refractivity contribution < 1.29 is 9.18 Å². The smallest absolute Gasteiger partial charge is 0.319 e. The number of carbonyl (C=O) groups is 1. The molecule has 0 radical (unpaired) electrons. The van der Waals surface area contributed by atoms with E-state index >= 15 is 0 Å². The molecule has 1 fully saturated rings. The summed E-state index contributed by atoms with van der Waals surface area (Å²) < 4.78 is 13.1. The lowest BCUT2D eigenvalue weighted by Crippen LogP contribution is -2.38. The number of rotatable bonds is 7. The average molecular weight is 394 g/mol. The van der Waals surface area contributed by atoms with E-state index in [1.165, 1.54) is 30.5 Å². The number of piperidine rings is 1. The maximum Gasteiger partial charge on any atom is 0.319 e. The van der Waals surface area contributed by atoms with E-state index < -0.39 is 0 Å². The number of halogens is 1. The first-order valence-corrected chi connectivity index (χ1v) is 10.1. The summed E-state index contributed by atoms with van der Waals surface area (Å²) in [5.74, 6) is 0.409. The van der Waals surface area contributed by atoms with Crippen molar-refractivity contribution in [2.75, 3.05) is 31.5 Å². The fraction of sp³-hybridized carbons (Fsp3) is 0.391. The molecule has 3 rings (SSSR count). The number of amides is 2. The van der Waals surface area contributed by atoms with Crippen molar-refractivity contribution in [2.45, 2.75) is 25.7 Å². The summed E-state index contributed by atoms with van der Waals surface area (Å²) in [5, 5.41) is 14.5. The van der Waals surface area contributed by atoms with Crippen LogP contribution in [-0.4, -0.2) is 37.1 Å². The summed E-state index contributed by atoms with van der Waals surface area (Å²) in [6.07, 6.45) is 4.25. The maximum atomic E-state index is 13.1. The molecule has 1 heterocycles. The lowest BCUT2D eigenvalue weighted by Gasteiger charge is -2.32. The number of nitriles is 1. The van der Waals surface area contributed by atoms with Gasteiger partial charge in [0.15, 0.2) is 0 Å². The molecule has 2 N–H and O–H groups in total. The number of nitrogens with one attached hydrogen (secondary N) is 2. The zero-order chi connectivity index (χ0) is 20.5. The number of benzene rings is 2. The Kier molecular flexibility index (Phi) is 7.60. The number of nitrogens with zero attached hydrogens (tertiary/aromatic N) is 2. The second-order valence-corrected chi connectivity index (χ2v) is 7.57. The molecule has 2 aromatic carbocycles. The minimum absolute atomic E-state index is 0.187. The van der Waals surface area contributed by atoms with E-state index in [0.717, 1.165) is 32.5 Å². The van der Waals surface area contributed by atoms with Gasteiger partial charge in [-0.25, -0.2) is 9.18 Å². The molecule has 1 atom stereocenters. The van der Waals surface area contributed by atoms with Crippen LogP contribution in [0.15, 0.2) is 48.5 Å². The summed E-state index contributed by atoms with van der Waals surface area (Å²) in [6, 6.07) is 15.5.